The van der Waals surface area contributed by atoms with Crippen LogP contribution in [0.2, 0.25) is 0 Å². The minimum absolute atomic E-state index is 0.125. The summed E-state index contributed by atoms with van der Waals surface area (Å²) >= 11 is 0. The van der Waals surface area contributed by atoms with Gasteiger partial charge in [-0.25, -0.2) is 0 Å². The normalized spacial score (nSPS) is 14.0. The zero-order valence-corrected chi connectivity index (χ0v) is 9.31. The lowest BCUT2D eigenvalue weighted by Crippen LogP contribution is -2.52. The van der Waals surface area contributed by atoms with Crippen LogP contribution in [0.25, 0.3) is 0 Å². The molecule has 0 heterocycles. The number of rotatable bonds is 4. The molecule has 0 aromatic carbocycles. The third-order valence-corrected chi connectivity index (χ3v) is 2.88. The Labute approximate surface area is 76.5 Å². The van der Waals surface area contributed by atoms with Crippen LogP contribution < -0.4 is 0 Å². The molecule has 0 saturated heterocycles. The van der Waals surface area contributed by atoms with E-state index in [1.54, 1.807) is 0 Å². The van der Waals surface area contributed by atoms with Gasteiger partial charge in [0.2, 0.25) is 0 Å². The second-order valence-electron chi connectivity index (χ2n) is 4.64. The van der Waals surface area contributed by atoms with E-state index >= 15 is 0 Å². The van der Waals surface area contributed by atoms with Gasteiger partial charge in [-0.2, -0.15) is 5.06 Å². The summed E-state index contributed by atoms with van der Waals surface area (Å²) < 4.78 is 0. The molecule has 0 spiro atoms. The maximum atomic E-state index is 9.94. The van der Waals surface area contributed by atoms with Crippen molar-refractivity contribution in [3.8, 4) is 0 Å². The summed E-state index contributed by atoms with van der Waals surface area (Å²) in [4.78, 5) is 0. The van der Waals surface area contributed by atoms with Gasteiger partial charge in [-0.1, -0.05) is 13.8 Å². The van der Waals surface area contributed by atoms with Gasteiger partial charge in [0, 0.05) is 11.1 Å². The van der Waals surface area contributed by atoms with Crippen LogP contribution in [0.15, 0.2) is 0 Å². The Bertz CT molecular complexity index is 125. The largest absolute Gasteiger partial charge is 0.313 e. The first-order chi connectivity index (χ1) is 5.28. The van der Waals surface area contributed by atoms with E-state index in [1.165, 1.54) is 5.06 Å². The number of hydrogen-bond acceptors (Lipinski definition) is 2. The first kappa shape index (κ1) is 11.9. The summed E-state index contributed by atoms with van der Waals surface area (Å²) in [5.74, 6) is 0. The fraction of sp³-hybridized carbons (Fsp3) is 1.00. The average Bonchev–Trinajstić information content (AvgIpc) is 2.03. The fourth-order valence-corrected chi connectivity index (χ4v) is 1.12. The van der Waals surface area contributed by atoms with Crippen LogP contribution in [0.5, 0.6) is 0 Å². The predicted octanol–water partition coefficient (Wildman–Crippen LogP) is 3.05. The maximum Gasteiger partial charge on any atom is 0.0407 e. The van der Waals surface area contributed by atoms with Crippen molar-refractivity contribution in [1.29, 1.82) is 0 Å². The Morgan fingerprint density at radius 1 is 0.917 bits per heavy atom. The van der Waals surface area contributed by atoms with E-state index in [4.69, 9.17) is 0 Å². The maximum absolute atomic E-state index is 9.94. The van der Waals surface area contributed by atoms with Gasteiger partial charge < -0.3 is 5.21 Å². The van der Waals surface area contributed by atoms with Crippen LogP contribution >= 0.6 is 0 Å². The second kappa shape index (κ2) is 3.75. The van der Waals surface area contributed by atoms with Crippen LogP contribution in [-0.4, -0.2) is 21.3 Å². The van der Waals surface area contributed by atoms with Crippen LogP contribution in [0.1, 0.15) is 54.4 Å². The Morgan fingerprint density at radius 3 is 1.33 bits per heavy atom. The molecule has 0 aliphatic rings. The fourth-order valence-electron chi connectivity index (χ4n) is 1.12. The first-order valence-corrected chi connectivity index (χ1v) is 4.77. The van der Waals surface area contributed by atoms with Crippen LogP contribution in [0.3, 0.4) is 0 Å². The lowest BCUT2D eigenvalue weighted by molar-refractivity contribution is -0.224. The van der Waals surface area contributed by atoms with Gasteiger partial charge >= 0.3 is 0 Å². The van der Waals surface area contributed by atoms with Gasteiger partial charge in [0.05, 0.1) is 0 Å². The average molecular weight is 173 g/mol. The zero-order chi connectivity index (χ0) is 9.99. The third-order valence-electron chi connectivity index (χ3n) is 2.88. The summed E-state index contributed by atoms with van der Waals surface area (Å²) in [6.45, 7) is 12.4. The number of nitrogens with zero attached hydrogens (tertiary/aromatic N) is 1. The van der Waals surface area contributed by atoms with Gasteiger partial charge in [-0.3, -0.25) is 0 Å². The monoisotopic (exact) mass is 173 g/mol. The van der Waals surface area contributed by atoms with Gasteiger partial charge in [-0.05, 0) is 40.5 Å². The highest BCUT2D eigenvalue weighted by molar-refractivity contribution is 4.84. The van der Waals surface area contributed by atoms with Gasteiger partial charge in [-0.15, -0.1) is 0 Å². The highest BCUT2D eigenvalue weighted by atomic mass is 16.5. The van der Waals surface area contributed by atoms with Crippen LogP contribution in [-0.2, 0) is 0 Å². The molecule has 0 aromatic heterocycles. The van der Waals surface area contributed by atoms with Gasteiger partial charge in [0.1, 0.15) is 0 Å². The predicted molar refractivity (Wildman–Crippen MR) is 52.4 cm³/mol. The van der Waals surface area contributed by atoms with E-state index in [1.807, 2.05) is 0 Å². The van der Waals surface area contributed by atoms with E-state index in [-0.39, 0.29) is 11.1 Å². The molecule has 1 N–H and O–H groups in total. The standard InChI is InChI=1S/C10H23NO/c1-7-9(3,4)11(12)10(5,6)8-2/h12H,7-8H2,1-6H3. The molecular weight excluding hydrogens is 150 g/mol. The molecule has 0 bridgehead atoms. The van der Waals surface area contributed by atoms with E-state index in [2.05, 4.69) is 41.5 Å². The summed E-state index contributed by atoms with van der Waals surface area (Å²) in [5, 5.41) is 11.4. The highest BCUT2D eigenvalue weighted by Gasteiger charge is 2.34. The molecule has 0 aromatic rings. The minimum Gasteiger partial charge on any atom is -0.313 e. The lowest BCUT2D eigenvalue weighted by Gasteiger charge is -2.43. The van der Waals surface area contributed by atoms with E-state index in [0.717, 1.165) is 12.8 Å². The topological polar surface area (TPSA) is 23.5 Å². The van der Waals surface area contributed by atoms with Crippen molar-refractivity contribution >= 4 is 0 Å². The molecule has 0 rings (SSSR count). The van der Waals surface area contributed by atoms with Crippen molar-refractivity contribution in [2.24, 2.45) is 0 Å². The molecule has 0 aliphatic carbocycles. The van der Waals surface area contributed by atoms with E-state index in [0.29, 0.717) is 0 Å². The van der Waals surface area contributed by atoms with Crippen LogP contribution in [0, 0.1) is 0 Å². The lowest BCUT2D eigenvalue weighted by atomic mass is 9.92. The van der Waals surface area contributed by atoms with Crippen molar-refractivity contribution in [3.05, 3.63) is 0 Å². The molecule has 0 radical (unpaired) electrons. The summed E-state index contributed by atoms with van der Waals surface area (Å²) in [5.41, 5.74) is -0.251. The van der Waals surface area contributed by atoms with Crippen molar-refractivity contribution in [3.63, 3.8) is 0 Å². The molecule has 2 heteroatoms. The molecule has 74 valence electrons. The van der Waals surface area contributed by atoms with E-state index in [9.17, 15) is 5.21 Å². The van der Waals surface area contributed by atoms with Crippen molar-refractivity contribution in [1.82, 2.24) is 5.06 Å². The summed E-state index contributed by atoms with van der Waals surface area (Å²) in [7, 11) is 0. The van der Waals surface area contributed by atoms with Gasteiger partial charge in [0.25, 0.3) is 0 Å². The van der Waals surface area contributed by atoms with Crippen molar-refractivity contribution < 1.29 is 5.21 Å². The molecule has 2 nitrogen and oxygen atoms in total. The summed E-state index contributed by atoms with van der Waals surface area (Å²) in [6.07, 6.45) is 1.90. The Kier molecular flexibility index (Phi) is 3.73. The van der Waals surface area contributed by atoms with E-state index < -0.39 is 0 Å². The molecule has 0 saturated carbocycles. The minimum atomic E-state index is -0.125. The molecular formula is C10H23NO. The molecule has 0 unspecified atom stereocenters. The molecule has 12 heavy (non-hydrogen) atoms. The summed E-state index contributed by atoms with van der Waals surface area (Å²) in [6, 6.07) is 0. The molecule has 0 fully saturated rings. The van der Waals surface area contributed by atoms with Gasteiger partial charge in [0.15, 0.2) is 0 Å². The Balaban J connectivity index is 4.47. The molecule has 0 atom stereocenters. The third kappa shape index (κ3) is 2.46. The van der Waals surface area contributed by atoms with Crippen molar-refractivity contribution in [2.45, 2.75) is 65.5 Å². The number of hydroxylamine groups is 2. The van der Waals surface area contributed by atoms with Crippen molar-refractivity contribution in [2.75, 3.05) is 0 Å². The quantitative estimate of drug-likeness (QED) is 0.660. The Hall–Kier alpha value is -0.0800. The highest BCUT2D eigenvalue weighted by Crippen LogP contribution is 2.27. The SMILES string of the molecule is CCC(C)(C)N(O)C(C)(C)CC. The first-order valence-electron chi connectivity index (χ1n) is 4.77. The van der Waals surface area contributed by atoms with Crippen LogP contribution in [0.4, 0.5) is 0 Å². The smallest absolute Gasteiger partial charge is 0.0407 e. The second-order valence-corrected chi connectivity index (χ2v) is 4.64. The Morgan fingerprint density at radius 2 is 1.17 bits per heavy atom. The zero-order valence-electron chi connectivity index (χ0n) is 9.31. The number of hydrogen-bond donors (Lipinski definition) is 1. The molecule has 0 amide bonds. The molecule has 0 aliphatic heterocycles.